The average molecular weight is 441 g/mol. The number of carbonyl (C=O) groups is 1. The summed E-state index contributed by atoms with van der Waals surface area (Å²) in [6.07, 6.45) is 7.58. The highest BCUT2D eigenvalue weighted by atomic mass is 16.5. The second-order valence-corrected chi connectivity index (χ2v) is 10.3. The summed E-state index contributed by atoms with van der Waals surface area (Å²) in [5.41, 5.74) is 5.17. The third-order valence-corrected chi connectivity index (χ3v) is 7.69. The van der Waals surface area contributed by atoms with Crippen LogP contribution in [0.15, 0.2) is 29.2 Å². The topological polar surface area (TPSA) is 104 Å². The lowest BCUT2D eigenvalue weighted by Crippen LogP contribution is -2.57. The first-order valence-electron chi connectivity index (χ1n) is 11.7. The molecule has 2 unspecified atom stereocenters. The van der Waals surface area contributed by atoms with E-state index in [1.807, 2.05) is 17.6 Å². The van der Waals surface area contributed by atoms with Gasteiger partial charge in [0.05, 0.1) is 29.7 Å². The maximum atomic E-state index is 12.9. The highest BCUT2D eigenvalue weighted by Gasteiger charge is 2.57. The smallest absolute Gasteiger partial charge is 0.254 e. The standard InChI is InChI=1S/C25H32N2O5/c1-2-31-7-6-27-13-19(23(26)29)22(28)18-4-3-5-20(21(18)27)32-15-24-9-16-8-17(10-24)12-25(30,11-16)14-24/h3-5,13,16-17,30H,2,6-12,14-15H2,1H3,(H2,26,29). The minimum absolute atomic E-state index is 0.00932. The van der Waals surface area contributed by atoms with E-state index in [0.717, 1.165) is 32.1 Å². The van der Waals surface area contributed by atoms with E-state index < -0.39 is 11.5 Å². The molecule has 172 valence electrons. The van der Waals surface area contributed by atoms with E-state index in [1.165, 1.54) is 12.6 Å². The number of aliphatic hydroxyl groups is 1. The van der Waals surface area contributed by atoms with Gasteiger partial charge in [-0.1, -0.05) is 6.07 Å². The Hall–Kier alpha value is -2.38. The third-order valence-electron chi connectivity index (χ3n) is 7.69. The Balaban J connectivity index is 1.49. The molecule has 4 fully saturated rings. The summed E-state index contributed by atoms with van der Waals surface area (Å²) in [6.45, 7) is 3.95. The molecule has 1 heterocycles. The first kappa shape index (κ1) is 21.5. The van der Waals surface area contributed by atoms with Gasteiger partial charge in [-0.05, 0) is 69.4 Å². The van der Waals surface area contributed by atoms with Gasteiger partial charge in [-0.15, -0.1) is 0 Å². The lowest BCUT2D eigenvalue weighted by atomic mass is 9.48. The molecule has 2 aromatic rings. The highest BCUT2D eigenvalue weighted by molar-refractivity contribution is 5.97. The van der Waals surface area contributed by atoms with Crippen LogP contribution in [0.25, 0.3) is 10.9 Å². The maximum absolute atomic E-state index is 12.9. The van der Waals surface area contributed by atoms with Crippen LogP contribution in [-0.4, -0.2) is 41.0 Å². The fourth-order valence-electron chi connectivity index (χ4n) is 7.00. The molecule has 0 aliphatic heterocycles. The molecule has 4 aliphatic rings. The van der Waals surface area contributed by atoms with Gasteiger partial charge in [0.25, 0.3) is 5.91 Å². The molecule has 2 atom stereocenters. The summed E-state index contributed by atoms with van der Waals surface area (Å²) in [7, 11) is 0. The van der Waals surface area contributed by atoms with Gasteiger partial charge in [0.2, 0.25) is 5.43 Å². The molecule has 7 nitrogen and oxygen atoms in total. The highest BCUT2D eigenvalue weighted by Crippen LogP contribution is 2.61. The Kier molecular flexibility index (Phi) is 5.29. The zero-order chi connectivity index (χ0) is 22.5. The quantitative estimate of drug-likeness (QED) is 0.615. The van der Waals surface area contributed by atoms with Gasteiger partial charge in [0, 0.05) is 24.8 Å². The Morgan fingerprint density at radius 3 is 2.66 bits per heavy atom. The number of ether oxygens (including phenoxy) is 2. The number of primary amides is 1. The van der Waals surface area contributed by atoms with E-state index in [2.05, 4.69) is 0 Å². The van der Waals surface area contributed by atoms with E-state index in [9.17, 15) is 14.7 Å². The summed E-state index contributed by atoms with van der Waals surface area (Å²) in [4.78, 5) is 24.8. The van der Waals surface area contributed by atoms with Crippen LogP contribution >= 0.6 is 0 Å². The molecule has 6 rings (SSSR count). The van der Waals surface area contributed by atoms with Crippen LogP contribution in [0.4, 0.5) is 0 Å². The minimum atomic E-state index is -0.741. The lowest BCUT2D eigenvalue weighted by Gasteiger charge is -2.60. The van der Waals surface area contributed by atoms with Crippen LogP contribution in [-0.2, 0) is 11.3 Å². The third kappa shape index (κ3) is 3.71. The molecule has 1 amide bonds. The number of hydrogen-bond acceptors (Lipinski definition) is 5. The Bertz CT molecular complexity index is 1090. The summed E-state index contributed by atoms with van der Waals surface area (Å²) in [5.74, 6) is 1.05. The predicted molar refractivity (Wildman–Crippen MR) is 121 cm³/mol. The number of rotatable bonds is 8. The molecule has 0 spiro atoms. The van der Waals surface area contributed by atoms with Crippen molar-refractivity contribution in [3.63, 3.8) is 0 Å². The summed E-state index contributed by atoms with van der Waals surface area (Å²) < 4.78 is 13.8. The van der Waals surface area contributed by atoms with Crippen LogP contribution in [0, 0.1) is 17.3 Å². The molecule has 7 heteroatoms. The van der Waals surface area contributed by atoms with Gasteiger partial charge in [0.15, 0.2) is 0 Å². The van der Waals surface area contributed by atoms with Gasteiger partial charge in [0.1, 0.15) is 11.3 Å². The Morgan fingerprint density at radius 2 is 2.00 bits per heavy atom. The average Bonchev–Trinajstić information content (AvgIpc) is 2.72. The molecule has 32 heavy (non-hydrogen) atoms. The van der Waals surface area contributed by atoms with Gasteiger partial charge in [-0.2, -0.15) is 0 Å². The lowest BCUT2D eigenvalue weighted by molar-refractivity contribution is -0.172. The minimum Gasteiger partial charge on any atom is -0.491 e. The zero-order valence-electron chi connectivity index (χ0n) is 18.6. The molecule has 4 saturated carbocycles. The van der Waals surface area contributed by atoms with Gasteiger partial charge >= 0.3 is 0 Å². The fourth-order valence-corrected chi connectivity index (χ4v) is 7.00. The molecule has 3 N–H and O–H groups in total. The van der Waals surface area contributed by atoms with Crippen LogP contribution in [0.3, 0.4) is 0 Å². The molecule has 1 aromatic heterocycles. The fraction of sp³-hybridized carbons (Fsp3) is 0.600. The van der Waals surface area contributed by atoms with Crippen LogP contribution in [0.1, 0.15) is 55.8 Å². The van der Waals surface area contributed by atoms with Crippen molar-refractivity contribution in [3.8, 4) is 5.75 Å². The van der Waals surface area contributed by atoms with Crippen molar-refractivity contribution in [2.24, 2.45) is 23.0 Å². The first-order chi connectivity index (χ1) is 15.3. The van der Waals surface area contributed by atoms with Gasteiger partial charge in [-0.3, -0.25) is 9.59 Å². The summed E-state index contributed by atoms with van der Waals surface area (Å²) in [6, 6.07) is 5.36. The number of para-hydroxylation sites is 1. The molecular formula is C25H32N2O5. The first-order valence-corrected chi connectivity index (χ1v) is 11.7. The molecular weight excluding hydrogens is 408 g/mol. The van der Waals surface area contributed by atoms with Crippen molar-refractivity contribution in [2.75, 3.05) is 19.8 Å². The normalized spacial score (nSPS) is 30.7. The van der Waals surface area contributed by atoms with E-state index in [0.29, 0.717) is 54.9 Å². The number of pyridine rings is 1. The Morgan fingerprint density at radius 1 is 1.25 bits per heavy atom. The SMILES string of the molecule is CCOCCn1cc(C(N)=O)c(=O)c2cccc(OCC34CC5CC(CC(O)(C5)C3)C4)c21. The van der Waals surface area contributed by atoms with Gasteiger partial charge in [-0.25, -0.2) is 0 Å². The second kappa shape index (κ2) is 7.89. The second-order valence-electron chi connectivity index (χ2n) is 10.3. The Labute approximate surface area is 187 Å². The number of nitrogens with zero attached hydrogens (tertiary/aromatic N) is 1. The number of nitrogens with two attached hydrogens (primary N) is 1. The van der Waals surface area contributed by atoms with E-state index >= 15 is 0 Å². The van der Waals surface area contributed by atoms with Crippen molar-refractivity contribution < 1.29 is 19.4 Å². The van der Waals surface area contributed by atoms with Crippen LogP contribution in [0.5, 0.6) is 5.75 Å². The molecule has 1 aromatic carbocycles. The van der Waals surface area contributed by atoms with Gasteiger partial charge < -0.3 is 24.9 Å². The maximum Gasteiger partial charge on any atom is 0.254 e. The molecule has 0 saturated heterocycles. The van der Waals surface area contributed by atoms with Crippen LogP contribution < -0.4 is 15.9 Å². The monoisotopic (exact) mass is 440 g/mol. The van der Waals surface area contributed by atoms with Crippen molar-refractivity contribution in [3.05, 3.63) is 40.2 Å². The molecule has 4 aliphatic carbocycles. The van der Waals surface area contributed by atoms with E-state index in [4.69, 9.17) is 15.2 Å². The largest absolute Gasteiger partial charge is 0.491 e. The summed E-state index contributed by atoms with van der Waals surface area (Å²) in [5, 5.41) is 11.5. The zero-order valence-corrected chi connectivity index (χ0v) is 18.6. The molecule has 0 radical (unpaired) electrons. The molecule has 4 bridgehead atoms. The van der Waals surface area contributed by atoms with Crippen molar-refractivity contribution in [1.29, 1.82) is 0 Å². The van der Waals surface area contributed by atoms with E-state index in [-0.39, 0.29) is 16.4 Å². The van der Waals surface area contributed by atoms with Crippen molar-refractivity contribution in [1.82, 2.24) is 4.57 Å². The number of fused-ring (bicyclic) bond motifs is 1. The number of amides is 1. The number of benzene rings is 1. The summed E-state index contributed by atoms with van der Waals surface area (Å²) >= 11 is 0. The van der Waals surface area contributed by atoms with Crippen molar-refractivity contribution >= 4 is 16.8 Å². The number of aromatic nitrogens is 1. The predicted octanol–water partition coefficient (Wildman–Crippen LogP) is 2.85. The van der Waals surface area contributed by atoms with Crippen LogP contribution in [0.2, 0.25) is 0 Å². The van der Waals surface area contributed by atoms with Crippen molar-refractivity contribution in [2.45, 2.75) is 57.6 Å². The number of carbonyl (C=O) groups excluding carboxylic acids is 1. The number of hydrogen-bond donors (Lipinski definition) is 2. The van der Waals surface area contributed by atoms with E-state index in [1.54, 1.807) is 12.1 Å².